The van der Waals surface area contributed by atoms with E-state index in [4.69, 9.17) is 17.3 Å². The van der Waals surface area contributed by atoms with Gasteiger partial charge in [-0.05, 0) is 37.6 Å². The number of primary amides is 1. The number of thiophene rings is 1. The molecule has 21 heavy (non-hydrogen) atoms. The van der Waals surface area contributed by atoms with Crippen molar-refractivity contribution in [3.8, 4) is 0 Å². The molecule has 0 spiro atoms. The average Bonchev–Trinajstić information content (AvgIpc) is 3.08. The van der Waals surface area contributed by atoms with Gasteiger partial charge in [0.1, 0.15) is 5.69 Å². The van der Waals surface area contributed by atoms with Crippen molar-refractivity contribution >= 4 is 28.8 Å². The van der Waals surface area contributed by atoms with E-state index in [9.17, 15) is 4.79 Å². The van der Waals surface area contributed by atoms with Crippen LogP contribution in [0, 0.1) is 0 Å². The number of nitrogens with one attached hydrogen (secondary N) is 1. The molecule has 1 amide bonds. The van der Waals surface area contributed by atoms with Crippen LogP contribution in [0.15, 0.2) is 18.2 Å². The third kappa shape index (κ3) is 3.45. The van der Waals surface area contributed by atoms with Crippen molar-refractivity contribution in [2.24, 2.45) is 5.73 Å². The summed E-state index contributed by atoms with van der Waals surface area (Å²) in [6, 6.07) is 5.80. The van der Waals surface area contributed by atoms with Crippen LogP contribution in [0.4, 0.5) is 0 Å². The predicted octanol–water partition coefficient (Wildman–Crippen LogP) is 2.60. The number of H-pyrrole nitrogens is 1. The van der Waals surface area contributed by atoms with Gasteiger partial charge < -0.3 is 5.73 Å². The molecule has 0 saturated carbocycles. The van der Waals surface area contributed by atoms with Crippen LogP contribution in [0.1, 0.15) is 39.8 Å². The largest absolute Gasteiger partial charge is 0.364 e. The van der Waals surface area contributed by atoms with E-state index < -0.39 is 5.91 Å². The van der Waals surface area contributed by atoms with Gasteiger partial charge in [0.2, 0.25) is 0 Å². The lowest BCUT2D eigenvalue weighted by atomic mass is 9.94. The van der Waals surface area contributed by atoms with E-state index in [-0.39, 0.29) is 0 Å². The SMILES string of the molecule is NC(=O)c1cc([C@@H]2CCCN(Cc3ccc(Cl)s3)C2)[nH]n1. The third-order valence-electron chi connectivity index (χ3n) is 3.80. The molecule has 0 unspecified atom stereocenters. The molecule has 3 rings (SSSR count). The molecule has 1 aliphatic heterocycles. The number of rotatable bonds is 4. The van der Waals surface area contributed by atoms with Crippen LogP contribution in [0.25, 0.3) is 0 Å². The molecule has 1 saturated heterocycles. The second-order valence-corrected chi connectivity index (χ2v) is 7.15. The molecule has 2 aromatic rings. The maximum atomic E-state index is 11.1. The van der Waals surface area contributed by atoms with Gasteiger partial charge in [0.25, 0.3) is 5.91 Å². The summed E-state index contributed by atoms with van der Waals surface area (Å²) >= 11 is 7.61. The number of likely N-dealkylation sites (tertiary alicyclic amines) is 1. The lowest BCUT2D eigenvalue weighted by Gasteiger charge is -2.31. The van der Waals surface area contributed by atoms with Gasteiger partial charge in [-0.15, -0.1) is 11.3 Å². The number of nitrogens with zero attached hydrogens (tertiary/aromatic N) is 2. The molecule has 3 N–H and O–H groups in total. The quantitative estimate of drug-likeness (QED) is 0.907. The van der Waals surface area contributed by atoms with Crippen LogP contribution >= 0.6 is 22.9 Å². The van der Waals surface area contributed by atoms with Gasteiger partial charge in [-0.2, -0.15) is 5.10 Å². The summed E-state index contributed by atoms with van der Waals surface area (Å²) in [5.74, 6) is -0.117. The summed E-state index contributed by atoms with van der Waals surface area (Å²) in [4.78, 5) is 14.8. The molecule has 7 heteroatoms. The van der Waals surface area contributed by atoms with Crippen LogP contribution in [0.3, 0.4) is 0 Å². The van der Waals surface area contributed by atoms with E-state index in [2.05, 4.69) is 21.2 Å². The van der Waals surface area contributed by atoms with E-state index in [1.54, 1.807) is 17.4 Å². The van der Waals surface area contributed by atoms with Crippen LogP contribution in [-0.2, 0) is 6.54 Å². The zero-order chi connectivity index (χ0) is 14.8. The van der Waals surface area contributed by atoms with Gasteiger partial charge in [-0.1, -0.05) is 11.6 Å². The minimum absolute atomic E-state index is 0.312. The molecule has 112 valence electrons. The second kappa shape index (κ2) is 6.17. The minimum atomic E-state index is -0.488. The fourth-order valence-electron chi connectivity index (χ4n) is 2.78. The highest BCUT2D eigenvalue weighted by Gasteiger charge is 2.23. The molecule has 2 aromatic heterocycles. The van der Waals surface area contributed by atoms with Gasteiger partial charge in [-0.25, -0.2) is 0 Å². The molecule has 3 heterocycles. The van der Waals surface area contributed by atoms with E-state index in [0.29, 0.717) is 11.6 Å². The highest BCUT2D eigenvalue weighted by atomic mass is 35.5. The number of aromatic nitrogens is 2. The maximum absolute atomic E-state index is 11.1. The summed E-state index contributed by atoms with van der Waals surface area (Å²) in [7, 11) is 0. The predicted molar refractivity (Wildman–Crippen MR) is 83.7 cm³/mol. The van der Waals surface area contributed by atoms with Crippen molar-refractivity contribution in [1.29, 1.82) is 0 Å². The number of nitrogens with two attached hydrogens (primary N) is 1. The summed E-state index contributed by atoms with van der Waals surface area (Å²) in [5, 5.41) is 6.92. The smallest absolute Gasteiger partial charge is 0.269 e. The number of carbonyl (C=O) groups is 1. The van der Waals surface area contributed by atoms with Gasteiger partial charge in [0, 0.05) is 29.6 Å². The number of carbonyl (C=O) groups excluding carboxylic acids is 1. The summed E-state index contributed by atoms with van der Waals surface area (Å²) in [6.07, 6.45) is 2.23. The molecule has 0 bridgehead atoms. The average molecular weight is 325 g/mol. The first-order valence-electron chi connectivity index (χ1n) is 6.93. The van der Waals surface area contributed by atoms with E-state index in [1.807, 2.05) is 6.07 Å². The highest BCUT2D eigenvalue weighted by Crippen LogP contribution is 2.29. The van der Waals surface area contributed by atoms with Crippen molar-refractivity contribution in [2.45, 2.75) is 25.3 Å². The zero-order valence-corrected chi connectivity index (χ0v) is 13.1. The number of amides is 1. The zero-order valence-electron chi connectivity index (χ0n) is 11.5. The summed E-state index contributed by atoms with van der Waals surface area (Å²) < 4.78 is 0.832. The van der Waals surface area contributed by atoms with Crippen LogP contribution in [0.2, 0.25) is 4.34 Å². The van der Waals surface area contributed by atoms with Gasteiger partial charge >= 0.3 is 0 Å². The van der Waals surface area contributed by atoms with E-state index >= 15 is 0 Å². The van der Waals surface area contributed by atoms with Gasteiger partial charge in [0.15, 0.2) is 0 Å². The first-order chi connectivity index (χ1) is 10.1. The molecule has 1 aliphatic rings. The number of aromatic amines is 1. The van der Waals surface area contributed by atoms with Crippen molar-refractivity contribution in [1.82, 2.24) is 15.1 Å². The first-order valence-corrected chi connectivity index (χ1v) is 8.13. The van der Waals surface area contributed by atoms with E-state index in [0.717, 1.165) is 42.5 Å². The van der Waals surface area contributed by atoms with Crippen molar-refractivity contribution in [3.63, 3.8) is 0 Å². The fraction of sp³-hybridized carbons (Fsp3) is 0.429. The number of hydrogen-bond acceptors (Lipinski definition) is 4. The Balaban J connectivity index is 1.66. The van der Waals surface area contributed by atoms with Gasteiger partial charge in [0.05, 0.1) is 4.34 Å². The Hall–Kier alpha value is -1.37. The maximum Gasteiger partial charge on any atom is 0.269 e. The Morgan fingerprint density at radius 1 is 1.57 bits per heavy atom. The highest BCUT2D eigenvalue weighted by molar-refractivity contribution is 7.16. The molecule has 0 radical (unpaired) electrons. The Labute approximate surface area is 132 Å². The monoisotopic (exact) mass is 324 g/mol. The number of hydrogen-bond donors (Lipinski definition) is 2. The molecule has 0 aromatic carbocycles. The Morgan fingerprint density at radius 2 is 2.43 bits per heavy atom. The molecular formula is C14H17ClN4OS. The fourth-order valence-corrected chi connectivity index (χ4v) is 3.91. The van der Waals surface area contributed by atoms with Crippen molar-refractivity contribution < 1.29 is 4.79 Å². The molecule has 1 fully saturated rings. The van der Waals surface area contributed by atoms with Crippen LogP contribution < -0.4 is 5.73 Å². The summed E-state index contributed by atoms with van der Waals surface area (Å²) in [6.45, 7) is 2.96. The number of halogens is 1. The van der Waals surface area contributed by atoms with Crippen molar-refractivity contribution in [3.05, 3.63) is 38.8 Å². The van der Waals surface area contributed by atoms with Gasteiger partial charge in [-0.3, -0.25) is 14.8 Å². The topological polar surface area (TPSA) is 75.0 Å². The van der Waals surface area contributed by atoms with E-state index in [1.165, 1.54) is 4.88 Å². The Kier molecular flexibility index (Phi) is 4.28. The first kappa shape index (κ1) is 14.6. The normalized spacial score (nSPS) is 19.8. The lowest BCUT2D eigenvalue weighted by molar-refractivity contribution is 0.0995. The standard InChI is InChI=1S/C14H17ClN4OS/c15-13-4-3-10(21-13)8-19-5-1-2-9(7-19)11-6-12(14(16)20)18-17-11/h3-4,6,9H,1-2,5,7-8H2,(H2,16,20)(H,17,18)/t9-/m1/s1. The Morgan fingerprint density at radius 3 is 3.10 bits per heavy atom. The second-order valence-electron chi connectivity index (χ2n) is 5.35. The summed E-state index contributed by atoms with van der Waals surface area (Å²) in [5.41, 5.74) is 6.56. The minimum Gasteiger partial charge on any atom is -0.364 e. The van der Waals surface area contributed by atoms with Crippen LogP contribution in [0.5, 0.6) is 0 Å². The molecule has 1 atom stereocenters. The third-order valence-corrected chi connectivity index (χ3v) is 5.02. The van der Waals surface area contributed by atoms with Crippen LogP contribution in [-0.4, -0.2) is 34.1 Å². The Bertz CT molecular complexity index is 638. The molecular weight excluding hydrogens is 308 g/mol. The molecule has 0 aliphatic carbocycles. The lowest BCUT2D eigenvalue weighted by Crippen LogP contribution is -2.33. The number of piperidine rings is 1. The molecule has 5 nitrogen and oxygen atoms in total. The van der Waals surface area contributed by atoms with Crippen molar-refractivity contribution in [2.75, 3.05) is 13.1 Å².